The lowest BCUT2D eigenvalue weighted by Crippen LogP contribution is -1.92. The van der Waals surface area contributed by atoms with Crippen molar-refractivity contribution in [2.24, 2.45) is 0 Å². The van der Waals surface area contributed by atoms with Crippen LogP contribution in [0.15, 0.2) is 11.0 Å². The highest BCUT2D eigenvalue weighted by atomic mass is 32.2. The van der Waals surface area contributed by atoms with Gasteiger partial charge in [-0.1, -0.05) is 19.9 Å². The lowest BCUT2D eigenvalue weighted by Gasteiger charge is -1.82. The van der Waals surface area contributed by atoms with Crippen molar-refractivity contribution >= 4 is 11.9 Å². The van der Waals surface area contributed by atoms with Crippen molar-refractivity contribution in [3.63, 3.8) is 0 Å². The molecule has 0 amide bonds. The average molecular weight is 131 g/mol. The molecule has 0 saturated carbocycles. The topological polar surface area (TPSA) is 12.0 Å². The fourth-order valence-electron chi connectivity index (χ4n) is 0.383. The van der Waals surface area contributed by atoms with Gasteiger partial charge in [-0.15, -0.1) is 0 Å². The molecule has 0 aliphatic carbocycles. The number of allylic oxidation sites excluding steroid dienone is 1. The van der Waals surface area contributed by atoms with Gasteiger partial charge in [0.25, 0.3) is 0 Å². The molecule has 0 saturated heterocycles. The van der Waals surface area contributed by atoms with Gasteiger partial charge in [-0.25, -0.2) is 0 Å². The second-order valence-electron chi connectivity index (χ2n) is 1.27. The van der Waals surface area contributed by atoms with E-state index in [0.29, 0.717) is 0 Å². The van der Waals surface area contributed by atoms with Gasteiger partial charge in [0.05, 0.1) is 0 Å². The summed E-state index contributed by atoms with van der Waals surface area (Å²) in [6.07, 6.45) is 2.17. The van der Waals surface area contributed by atoms with E-state index in [1.54, 1.807) is 11.9 Å². The van der Waals surface area contributed by atoms with E-state index in [-0.39, 0.29) is 0 Å². The summed E-state index contributed by atoms with van der Waals surface area (Å²) >= 11 is 1.71. The second kappa shape index (κ2) is 5.19. The van der Waals surface area contributed by atoms with Crippen molar-refractivity contribution in [3.8, 4) is 0 Å². The van der Waals surface area contributed by atoms with Crippen LogP contribution in [0.2, 0.25) is 0 Å². The summed E-state index contributed by atoms with van der Waals surface area (Å²) in [5, 5.41) is 0. The Hall–Kier alpha value is 0.0500. The van der Waals surface area contributed by atoms with Crippen LogP contribution in [0.25, 0.3) is 0 Å². The van der Waals surface area contributed by atoms with Gasteiger partial charge in [0.2, 0.25) is 0 Å². The summed E-state index contributed by atoms with van der Waals surface area (Å²) in [7, 11) is 0. The first-order valence-electron chi connectivity index (χ1n) is 2.96. The third kappa shape index (κ3) is 3.10. The Morgan fingerprint density at radius 3 is 2.38 bits per heavy atom. The van der Waals surface area contributed by atoms with Gasteiger partial charge in [-0.05, 0) is 23.8 Å². The molecule has 0 unspecified atom stereocenters. The molecule has 1 rings (SSSR count). The van der Waals surface area contributed by atoms with Crippen LogP contribution in [0.5, 0.6) is 0 Å². The van der Waals surface area contributed by atoms with Crippen LogP contribution in [-0.2, 0) is 0 Å². The summed E-state index contributed by atoms with van der Waals surface area (Å²) in [6, 6.07) is 0. The minimum absolute atomic E-state index is 1.04. The Kier molecular flexibility index (Phi) is 5.22. The van der Waals surface area contributed by atoms with Crippen LogP contribution in [0.1, 0.15) is 20.8 Å². The zero-order valence-electron chi connectivity index (χ0n) is 5.69. The first-order chi connectivity index (χ1) is 3.89. The number of nitrogens with one attached hydrogen (secondary N) is 1. The minimum atomic E-state index is 1.04. The third-order valence-electron chi connectivity index (χ3n) is 0.706. The van der Waals surface area contributed by atoms with Crippen LogP contribution in [0, 0.1) is 0 Å². The Bertz CT molecular complexity index is 78.6. The molecule has 48 valence electrons. The predicted molar refractivity (Wildman–Crippen MR) is 40.7 cm³/mol. The molecular formula is C6H13NS. The minimum Gasteiger partial charge on any atom is -0.256 e. The van der Waals surface area contributed by atoms with Gasteiger partial charge < -0.3 is 0 Å². The molecule has 0 radical (unpaired) electrons. The van der Waals surface area contributed by atoms with Crippen molar-refractivity contribution in [1.82, 2.24) is 4.72 Å². The van der Waals surface area contributed by atoms with Gasteiger partial charge in [-0.2, -0.15) is 0 Å². The van der Waals surface area contributed by atoms with Gasteiger partial charge in [0, 0.05) is 6.54 Å². The molecule has 0 aromatic heterocycles. The van der Waals surface area contributed by atoms with Crippen LogP contribution in [-0.4, -0.2) is 6.54 Å². The molecular weight excluding hydrogens is 118 g/mol. The maximum atomic E-state index is 3.10. The number of hydrogen-bond donors (Lipinski definition) is 1. The Morgan fingerprint density at radius 1 is 1.62 bits per heavy atom. The van der Waals surface area contributed by atoms with E-state index in [1.807, 2.05) is 13.8 Å². The fourth-order valence-corrected chi connectivity index (χ4v) is 0.944. The van der Waals surface area contributed by atoms with E-state index in [4.69, 9.17) is 0 Å². The third-order valence-corrected chi connectivity index (χ3v) is 1.51. The molecule has 0 atom stereocenters. The molecule has 8 heavy (non-hydrogen) atoms. The Balaban J connectivity index is 0.000000222. The molecule has 1 heterocycles. The number of hydrogen-bond acceptors (Lipinski definition) is 2. The highest BCUT2D eigenvalue weighted by Gasteiger charge is 1.94. The molecule has 1 nitrogen and oxygen atoms in total. The maximum Gasteiger partial charge on any atom is 0.0253 e. The molecule has 1 N–H and O–H groups in total. The summed E-state index contributed by atoms with van der Waals surface area (Å²) in [4.78, 5) is 1.38. The lowest BCUT2D eigenvalue weighted by molar-refractivity contribution is 1.16. The van der Waals surface area contributed by atoms with Crippen molar-refractivity contribution in [3.05, 3.63) is 11.0 Å². The predicted octanol–water partition coefficient (Wildman–Crippen LogP) is 2.17. The zero-order valence-corrected chi connectivity index (χ0v) is 6.51. The van der Waals surface area contributed by atoms with E-state index in [0.717, 1.165) is 6.54 Å². The van der Waals surface area contributed by atoms with Crippen LogP contribution in [0.3, 0.4) is 0 Å². The van der Waals surface area contributed by atoms with Crippen molar-refractivity contribution in [2.75, 3.05) is 6.54 Å². The zero-order chi connectivity index (χ0) is 6.41. The van der Waals surface area contributed by atoms with Gasteiger partial charge in [0.1, 0.15) is 0 Å². The summed E-state index contributed by atoms with van der Waals surface area (Å²) in [5.41, 5.74) is 0. The normalized spacial score (nSPS) is 16.6. The van der Waals surface area contributed by atoms with E-state index in [9.17, 15) is 0 Å². The second-order valence-corrected chi connectivity index (χ2v) is 2.40. The van der Waals surface area contributed by atoms with E-state index in [2.05, 4.69) is 17.7 Å². The molecule has 1 aliphatic rings. The smallest absolute Gasteiger partial charge is 0.0253 e. The van der Waals surface area contributed by atoms with E-state index < -0.39 is 0 Å². The SMILES string of the molecule is CC.CC1=CCNS1. The number of rotatable bonds is 0. The summed E-state index contributed by atoms with van der Waals surface area (Å²) in [5.74, 6) is 0. The largest absolute Gasteiger partial charge is 0.256 e. The van der Waals surface area contributed by atoms with Crippen molar-refractivity contribution in [1.29, 1.82) is 0 Å². The summed E-state index contributed by atoms with van der Waals surface area (Å²) < 4.78 is 3.10. The quantitative estimate of drug-likeness (QED) is 0.506. The Morgan fingerprint density at radius 2 is 2.25 bits per heavy atom. The molecule has 2 heteroatoms. The molecule has 0 spiro atoms. The van der Waals surface area contributed by atoms with E-state index >= 15 is 0 Å². The van der Waals surface area contributed by atoms with Crippen LogP contribution < -0.4 is 4.72 Å². The van der Waals surface area contributed by atoms with Crippen LogP contribution in [0.4, 0.5) is 0 Å². The van der Waals surface area contributed by atoms with Crippen molar-refractivity contribution in [2.45, 2.75) is 20.8 Å². The van der Waals surface area contributed by atoms with Gasteiger partial charge >= 0.3 is 0 Å². The fraction of sp³-hybridized carbons (Fsp3) is 0.667. The van der Waals surface area contributed by atoms with Gasteiger partial charge in [0.15, 0.2) is 0 Å². The molecule has 0 bridgehead atoms. The Labute approximate surface area is 55.7 Å². The molecule has 0 fully saturated rings. The monoisotopic (exact) mass is 131 g/mol. The lowest BCUT2D eigenvalue weighted by atomic mass is 10.5. The molecule has 0 aromatic carbocycles. The first-order valence-corrected chi connectivity index (χ1v) is 3.78. The maximum absolute atomic E-state index is 3.10. The molecule has 0 aromatic rings. The van der Waals surface area contributed by atoms with E-state index in [1.165, 1.54) is 4.91 Å². The highest BCUT2D eigenvalue weighted by Crippen LogP contribution is 2.13. The van der Waals surface area contributed by atoms with Crippen LogP contribution >= 0.6 is 11.9 Å². The standard InChI is InChI=1S/C4H7NS.C2H6/c1-4-2-3-5-6-4;1-2/h2,5H,3H2,1H3;1-2H3. The van der Waals surface area contributed by atoms with Crippen molar-refractivity contribution < 1.29 is 0 Å². The summed E-state index contributed by atoms with van der Waals surface area (Å²) in [6.45, 7) is 7.14. The first kappa shape index (κ1) is 8.05. The highest BCUT2D eigenvalue weighted by molar-refractivity contribution is 8.01. The van der Waals surface area contributed by atoms with Gasteiger partial charge in [-0.3, -0.25) is 4.72 Å². The average Bonchev–Trinajstić information content (AvgIpc) is 2.24. The molecule has 1 aliphatic heterocycles.